The van der Waals surface area contributed by atoms with Crippen molar-refractivity contribution in [2.75, 3.05) is 20.2 Å². The van der Waals surface area contributed by atoms with Crippen LogP contribution in [0.4, 0.5) is 0 Å². The molecule has 2 fully saturated rings. The minimum Gasteiger partial charge on any atom is -0.493 e. The van der Waals surface area contributed by atoms with Gasteiger partial charge in [-0.05, 0) is 43.4 Å². The van der Waals surface area contributed by atoms with E-state index in [2.05, 4.69) is 11.4 Å². The second-order valence-corrected chi connectivity index (χ2v) is 7.50. The van der Waals surface area contributed by atoms with Gasteiger partial charge in [0.05, 0.1) is 7.11 Å². The Morgan fingerprint density at radius 3 is 2.69 bits per heavy atom. The highest BCUT2D eigenvalue weighted by Gasteiger charge is 2.24. The fraction of sp³-hybridized carbons (Fsp3) is 0.571. The number of benzene rings is 1. The van der Waals surface area contributed by atoms with E-state index in [1.54, 1.807) is 7.11 Å². The van der Waals surface area contributed by atoms with Crippen LogP contribution >= 0.6 is 0 Å². The molecule has 1 saturated carbocycles. The van der Waals surface area contributed by atoms with Gasteiger partial charge >= 0.3 is 0 Å². The van der Waals surface area contributed by atoms with Crippen molar-refractivity contribution in [3.05, 3.63) is 29.5 Å². The van der Waals surface area contributed by atoms with Crippen molar-refractivity contribution in [3.8, 4) is 5.75 Å². The molecule has 0 spiro atoms. The third-order valence-electron chi connectivity index (χ3n) is 5.75. The standard InChI is InChI=1S/C21H28N2O3/c1-25-18-10-9-15(14-22-16-7-3-2-4-8-16)17-13-19(26-20(17)18)21(24)23-11-5-6-12-23/h9-10,13,16,22H,2-8,11-12,14H2,1H3. The molecular formula is C21H28N2O3. The van der Waals surface area contributed by atoms with Crippen molar-refractivity contribution in [1.29, 1.82) is 0 Å². The number of carbonyl (C=O) groups is 1. The summed E-state index contributed by atoms with van der Waals surface area (Å²) in [5, 5.41) is 4.66. The van der Waals surface area contributed by atoms with Crippen LogP contribution < -0.4 is 10.1 Å². The summed E-state index contributed by atoms with van der Waals surface area (Å²) < 4.78 is 11.4. The lowest BCUT2D eigenvalue weighted by atomic mass is 9.95. The van der Waals surface area contributed by atoms with E-state index in [-0.39, 0.29) is 5.91 Å². The Bertz CT molecular complexity index is 771. The number of hydrogen-bond acceptors (Lipinski definition) is 4. The molecule has 1 aliphatic carbocycles. The number of rotatable bonds is 5. The van der Waals surface area contributed by atoms with Crippen LogP contribution in [-0.2, 0) is 6.54 Å². The quantitative estimate of drug-likeness (QED) is 0.876. The topological polar surface area (TPSA) is 54.7 Å². The Morgan fingerprint density at radius 1 is 1.19 bits per heavy atom. The molecule has 1 amide bonds. The summed E-state index contributed by atoms with van der Waals surface area (Å²) in [5.74, 6) is 1.10. The van der Waals surface area contributed by atoms with Crippen LogP contribution in [0.2, 0.25) is 0 Å². The van der Waals surface area contributed by atoms with Crippen molar-refractivity contribution >= 4 is 16.9 Å². The maximum Gasteiger partial charge on any atom is 0.289 e. The number of methoxy groups -OCH3 is 1. The van der Waals surface area contributed by atoms with Gasteiger partial charge in [-0.1, -0.05) is 25.3 Å². The Hall–Kier alpha value is -2.01. The lowest BCUT2D eigenvalue weighted by Gasteiger charge is -2.23. The van der Waals surface area contributed by atoms with Crippen LogP contribution in [-0.4, -0.2) is 37.0 Å². The second kappa shape index (κ2) is 7.70. The maximum absolute atomic E-state index is 12.7. The predicted molar refractivity (Wildman–Crippen MR) is 102 cm³/mol. The van der Waals surface area contributed by atoms with Crippen LogP contribution in [0.3, 0.4) is 0 Å². The van der Waals surface area contributed by atoms with Gasteiger partial charge in [-0.2, -0.15) is 0 Å². The number of hydrogen-bond donors (Lipinski definition) is 1. The van der Waals surface area contributed by atoms with E-state index in [0.717, 1.165) is 43.4 Å². The van der Waals surface area contributed by atoms with E-state index in [1.165, 1.54) is 32.1 Å². The molecule has 140 valence electrons. The zero-order valence-electron chi connectivity index (χ0n) is 15.6. The summed E-state index contributed by atoms with van der Waals surface area (Å²) in [5.41, 5.74) is 1.84. The summed E-state index contributed by atoms with van der Waals surface area (Å²) in [7, 11) is 1.64. The van der Waals surface area contributed by atoms with Crippen LogP contribution in [0.15, 0.2) is 22.6 Å². The van der Waals surface area contributed by atoms with Gasteiger partial charge < -0.3 is 19.4 Å². The molecule has 1 aromatic carbocycles. The molecule has 2 aromatic rings. The molecule has 5 heteroatoms. The molecular weight excluding hydrogens is 328 g/mol. The summed E-state index contributed by atoms with van der Waals surface area (Å²) in [6.45, 7) is 2.44. The Labute approximate surface area is 154 Å². The normalized spacial score (nSPS) is 18.6. The van der Waals surface area contributed by atoms with Crippen molar-refractivity contribution in [1.82, 2.24) is 10.2 Å². The number of ether oxygens (including phenoxy) is 1. The van der Waals surface area contributed by atoms with E-state index in [4.69, 9.17) is 9.15 Å². The summed E-state index contributed by atoms with van der Waals surface area (Å²) in [4.78, 5) is 14.6. The number of nitrogens with one attached hydrogen (secondary N) is 1. The van der Waals surface area contributed by atoms with E-state index in [1.807, 2.05) is 17.0 Å². The average Bonchev–Trinajstić information content (AvgIpc) is 3.36. The molecule has 26 heavy (non-hydrogen) atoms. The van der Waals surface area contributed by atoms with Gasteiger partial charge in [-0.3, -0.25) is 4.79 Å². The molecule has 0 bridgehead atoms. The third kappa shape index (κ3) is 3.45. The summed E-state index contributed by atoms with van der Waals surface area (Å²) in [6, 6.07) is 6.51. The van der Waals surface area contributed by atoms with Crippen molar-refractivity contribution in [2.45, 2.75) is 57.5 Å². The first-order valence-electron chi connectivity index (χ1n) is 9.88. The molecule has 1 N–H and O–H groups in total. The van der Waals surface area contributed by atoms with E-state index >= 15 is 0 Å². The predicted octanol–water partition coefficient (Wildman–Crippen LogP) is 4.10. The zero-order valence-corrected chi connectivity index (χ0v) is 15.6. The highest BCUT2D eigenvalue weighted by Crippen LogP contribution is 2.32. The Balaban J connectivity index is 1.59. The second-order valence-electron chi connectivity index (χ2n) is 7.50. The first-order valence-corrected chi connectivity index (χ1v) is 9.88. The molecule has 1 aromatic heterocycles. The van der Waals surface area contributed by atoms with Gasteiger partial charge in [0.2, 0.25) is 0 Å². The van der Waals surface area contributed by atoms with Gasteiger partial charge in [0.25, 0.3) is 5.91 Å². The van der Waals surface area contributed by atoms with Crippen molar-refractivity contribution in [2.24, 2.45) is 0 Å². The molecule has 0 radical (unpaired) electrons. The van der Waals surface area contributed by atoms with Crippen LogP contribution in [0.5, 0.6) is 5.75 Å². The Morgan fingerprint density at radius 2 is 1.96 bits per heavy atom. The first-order chi connectivity index (χ1) is 12.8. The van der Waals surface area contributed by atoms with Crippen molar-refractivity contribution < 1.29 is 13.9 Å². The highest BCUT2D eigenvalue weighted by molar-refractivity contribution is 5.98. The monoisotopic (exact) mass is 356 g/mol. The van der Waals surface area contributed by atoms with Gasteiger partial charge in [0.1, 0.15) is 0 Å². The zero-order chi connectivity index (χ0) is 17.9. The fourth-order valence-corrected chi connectivity index (χ4v) is 4.21. The summed E-state index contributed by atoms with van der Waals surface area (Å²) >= 11 is 0. The van der Waals surface area contributed by atoms with Crippen LogP contribution in [0, 0.1) is 0 Å². The number of fused-ring (bicyclic) bond motifs is 1. The van der Waals surface area contributed by atoms with E-state index in [9.17, 15) is 4.79 Å². The molecule has 0 atom stereocenters. The minimum atomic E-state index is -0.00746. The minimum absolute atomic E-state index is 0.00746. The number of furan rings is 1. The van der Waals surface area contributed by atoms with Gasteiger partial charge in [0.15, 0.2) is 17.1 Å². The molecule has 4 rings (SSSR count). The lowest BCUT2D eigenvalue weighted by Crippen LogP contribution is -2.30. The van der Waals surface area contributed by atoms with Gasteiger partial charge in [-0.25, -0.2) is 0 Å². The number of carbonyl (C=O) groups excluding carboxylic acids is 1. The third-order valence-corrected chi connectivity index (χ3v) is 5.75. The maximum atomic E-state index is 12.7. The molecule has 2 heterocycles. The van der Waals surface area contributed by atoms with E-state index < -0.39 is 0 Å². The molecule has 2 aliphatic rings. The average molecular weight is 356 g/mol. The smallest absolute Gasteiger partial charge is 0.289 e. The summed E-state index contributed by atoms with van der Waals surface area (Å²) in [6.07, 6.45) is 8.64. The molecule has 5 nitrogen and oxygen atoms in total. The molecule has 1 saturated heterocycles. The number of amides is 1. The van der Waals surface area contributed by atoms with Crippen LogP contribution in [0.25, 0.3) is 11.0 Å². The first kappa shape index (κ1) is 17.4. The van der Waals surface area contributed by atoms with Gasteiger partial charge in [-0.15, -0.1) is 0 Å². The fourth-order valence-electron chi connectivity index (χ4n) is 4.21. The SMILES string of the molecule is COc1ccc(CNC2CCCCC2)c2cc(C(=O)N3CCCC3)oc12. The van der Waals surface area contributed by atoms with Crippen LogP contribution in [0.1, 0.15) is 61.1 Å². The van der Waals surface area contributed by atoms with Crippen molar-refractivity contribution in [3.63, 3.8) is 0 Å². The Kier molecular flexibility index (Phi) is 5.16. The van der Waals surface area contributed by atoms with E-state index in [0.29, 0.717) is 23.1 Å². The largest absolute Gasteiger partial charge is 0.493 e. The lowest BCUT2D eigenvalue weighted by molar-refractivity contribution is 0.0763. The number of nitrogens with zero attached hydrogens (tertiary/aromatic N) is 1. The molecule has 1 aliphatic heterocycles. The molecule has 0 unspecified atom stereocenters. The van der Waals surface area contributed by atoms with Gasteiger partial charge in [0, 0.05) is 31.1 Å². The number of likely N-dealkylation sites (tertiary alicyclic amines) is 1. The highest BCUT2D eigenvalue weighted by atomic mass is 16.5.